The fourth-order valence-electron chi connectivity index (χ4n) is 1.43. The second-order valence-corrected chi connectivity index (χ2v) is 4.00. The molecule has 2 aromatic rings. The fourth-order valence-corrected chi connectivity index (χ4v) is 1.64. The monoisotopic (exact) mass is 232 g/mol. The lowest BCUT2D eigenvalue weighted by atomic mass is 10.2. The molecule has 1 aromatic heterocycles. The molecule has 0 bridgehead atoms. The number of pyridine rings is 1. The van der Waals surface area contributed by atoms with Crippen molar-refractivity contribution < 1.29 is 0 Å². The summed E-state index contributed by atoms with van der Waals surface area (Å²) in [5.74, 6) is 0. The van der Waals surface area contributed by atoms with Crippen LogP contribution in [-0.2, 0) is 0 Å². The Balaban J connectivity index is 1.92. The number of hydrogen-bond donors (Lipinski definition) is 1. The molecular formula is C13H13ClN2. The summed E-state index contributed by atoms with van der Waals surface area (Å²) in [4.78, 5) is 4.22. The van der Waals surface area contributed by atoms with Gasteiger partial charge in [-0.05, 0) is 24.3 Å². The van der Waals surface area contributed by atoms with Crippen molar-refractivity contribution in [2.45, 2.75) is 5.38 Å². The van der Waals surface area contributed by atoms with Gasteiger partial charge in [0.2, 0.25) is 0 Å². The van der Waals surface area contributed by atoms with Crippen LogP contribution in [0.25, 0.3) is 0 Å². The lowest BCUT2D eigenvalue weighted by Crippen LogP contribution is -2.08. The first-order valence-electron chi connectivity index (χ1n) is 5.20. The molecule has 0 radical (unpaired) electrons. The van der Waals surface area contributed by atoms with Crippen LogP contribution in [0.2, 0.25) is 0 Å². The van der Waals surface area contributed by atoms with E-state index in [9.17, 15) is 0 Å². The number of alkyl halides is 1. The van der Waals surface area contributed by atoms with Crippen LogP contribution in [-0.4, -0.2) is 11.5 Å². The maximum absolute atomic E-state index is 6.23. The summed E-state index contributed by atoms with van der Waals surface area (Å²) in [5, 5.41) is 3.16. The van der Waals surface area contributed by atoms with E-state index in [-0.39, 0.29) is 5.38 Å². The van der Waals surface area contributed by atoms with Gasteiger partial charge in [0.05, 0.1) is 11.1 Å². The molecule has 2 nitrogen and oxygen atoms in total. The second kappa shape index (κ2) is 5.52. The van der Waals surface area contributed by atoms with E-state index in [2.05, 4.69) is 10.3 Å². The largest absolute Gasteiger partial charge is 0.383 e. The highest BCUT2D eigenvalue weighted by Crippen LogP contribution is 2.18. The molecule has 0 aliphatic carbocycles. The van der Waals surface area contributed by atoms with Crippen molar-refractivity contribution in [3.63, 3.8) is 0 Å². The minimum absolute atomic E-state index is 0.110. The maximum Gasteiger partial charge on any atom is 0.0929 e. The van der Waals surface area contributed by atoms with E-state index in [1.165, 1.54) is 0 Å². The Labute approximate surface area is 100 Å². The first-order valence-corrected chi connectivity index (χ1v) is 5.64. The Kier molecular flexibility index (Phi) is 3.78. The molecule has 0 saturated heterocycles. The highest BCUT2D eigenvalue weighted by molar-refractivity contribution is 6.20. The summed E-state index contributed by atoms with van der Waals surface area (Å²) in [6, 6.07) is 15.8. The third kappa shape index (κ3) is 2.97. The average Bonchev–Trinajstić information content (AvgIpc) is 2.38. The summed E-state index contributed by atoms with van der Waals surface area (Å²) >= 11 is 6.23. The van der Waals surface area contributed by atoms with Crippen molar-refractivity contribution in [1.29, 1.82) is 0 Å². The third-order valence-electron chi connectivity index (χ3n) is 2.27. The van der Waals surface area contributed by atoms with Gasteiger partial charge in [0.15, 0.2) is 0 Å². The Hall–Kier alpha value is -1.54. The Bertz CT molecular complexity index is 416. The standard InChI is InChI=1S/C13H13ClN2/c14-12(13-8-4-5-9-15-13)10-16-11-6-2-1-3-7-11/h1-9,12,16H,10H2. The number of halogens is 1. The lowest BCUT2D eigenvalue weighted by molar-refractivity contribution is 0.924. The molecule has 1 atom stereocenters. The predicted molar refractivity (Wildman–Crippen MR) is 67.8 cm³/mol. The van der Waals surface area contributed by atoms with Gasteiger partial charge in [-0.2, -0.15) is 0 Å². The molecule has 82 valence electrons. The minimum atomic E-state index is -0.110. The van der Waals surface area contributed by atoms with Crippen molar-refractivity contribution in [2.24, 2.45) is 0 Å². The number of aromatic nitrogens is 1. The summed E-state index contributed by atoms with van der Waals surface area (Å²) in [6.45, 7) is 0.669. The van der Waals surface area contributed by atoms with Crippen molar-refractivity contribution in [2.75, 3.05) is 11.9 Å². The molecule has 0 aliphatic rings. The van der Waals surface area contributed by atoms with Gasteiger partial charge in [-0.1, -0.05) is 24.3 Å². The average molecular weight is 233 g/mol. The number of para-hydroxylation sites is 1. The second-order valence-electron chi connectivity index (χ2n) is 3.47. The van der Waals surface area contributed by atoms with Gasteiger partial charge in [-0.3, -0.25) is 4.98 Å². The van der Waals surface area contributed by atoms with E-state index < -0.39 is 0 Å². The number of anilines is 1. The third-order valence-corrected chi connectivity index (χ3v) is 2.65. The van der Waals surface area contributed by atoms with E-state index in [1.807, 2.05) is 48.5 Å². The van der Waals surface area contributed by atoms with Gasteiger partial charge in [0.1, 0.15) is 0 Å². The van der Waals surface area contributed by atoms with Gasteiger partial charge in [-0.25, -0.2) is 0 Å². The quantitative estimate of drug-likeness (QED) is 0.817. The summed E-state index contributed by atoms with van der Waals surface area (Å²) in [5.41, 5.74) is 1.97. The molecule has 1 N–H and O–H groups in total. The van der Waals surface area contributed by atoms with Crippen molar-refractivity contribution in [3.05, 3.63) is 60.4 Å². The molecule has 2 rings (SSSR count). The lowest BCUT2D eigenvalue weighted by Gasteiger charge is -2.11. The zero-order valence-corrected chi connectivity index (χ0v) is 9.56. The van der Waals surface area contributed by atoms with Crippen LogP contribution >= 0.6 is 11.6 Å². The summed E-state index contributed by atoms with van der Waals surface area (Å²) in [6.07, 6.45) is 1.76. The van der Waals surface area contributed by atoms with Gasteiger partial charge >= 0.3 is 0 Å². The molecule has 0 saturated carbocycles. The number of hydrogen-bond acceptors (Lipinski definition) is 2. The molecule has 1 heterocycles. The SMILES string of the molecule is ClC(CNc1ccccc1)c1ccccn1. The Morgan fingerprint density at radius 3 is 2.50 bits per heavy atom. The predicted octanol–water partition coefficient (Wildman–Crippen LogP) is 3.47. The molecule has 0 spiro atoms. The number of rotatable bonds is 4. The van der Waals surface area contributed by atoms with E-state index in [1.54, 1.807) is 6.20 Å². The van der Waals surface area contributed by atoms with Gasteiger partial charge in [0, 0.05) is 18.4 Å². The Morgan fingerprint density at radius 2 is 1.81 bits per heavy atom. The van der Waals surface area contributed by atoms with Crippen LogP contribution in [0, 0.1) is 0 Å². The van der Waals surface area contributed by atoms with Gasteiger partial charge in [0.25, 0.3) is 0 Å². The molecule has 0 fully saturated rings. The molecule has 0 amide bonds. The van der Waals surface area contributed by atoms with E-state index in [0.29, 0.717) is 6.54 Å². The number of nitrogens with one attached hydrogen (secondary N) is 1. The van der Waals surface area contributed by atoms with Gasteiger partial charge < -0.3 is 5.32 Å². The van der Waals surface area contributed by atoms with Crippen molar-refractivity contribution in [1.82, 2.24) is 4.98 Å². The first-order chi connectivity index (χ1) is 7.86. The Morgan fingerprint density at radius 1 is 1.06 bits per heavy atom. The molecule has 0 aliphatic heterocycles. The van der Waals surface area contributed by atoms with Crippen LogP contribution in [0.15, 0.2) is 54.7 Å². The molecule has 3 heteroatoms. The topological polar surface area (TPSA) is 24.9 Å². The van der Waals surface area contributed by atoms with Gasteiger partial charge in [-0.15, -0.1) is 11.6 Å². The van der Waals surface area contributed by atoms with E-state index >= 15 is 0 Å². The maximum atomic E-state index is 6.23. The first kappa shape index (κ1) is 11.0. The summed E-state index contributed by atoms with van der Waals surface area (Å²) in [7, 11) is 0. The van der Waals surface area contributed by atoms with Crippen LogP contribution < -0.4 is 5.32 Å². The van der Waals surface area contributed by atoms with Crippen molar-refractivity contribution in [3.8, 4) is 0 Å². The zero-order chi connectivity index (χ0) is 11.2. The summed E-state index contributed by atoms with van der Waals surface area (Å²) < 4.78 is 0. The molecule has 1 unspecified atom stereocenters. The normalized spacial score (nSPS) is 12.1. The van der Waals surface area contributed by atoms with Crippen molar-refractivity contribution >= 4 is 17.3 Å². The zero-order valence-electron chi connectivity index (χ0n) is 8.81. The number of benzene rings is 1. The smallest absolute Gasteiger partial charge is 0.0929 e. The van der Waals surface area contributed by atoms with E-state index in [4.69, 9.17) is 11.6 Å². The van der Waals surface area contributed by atoms with Crippen LogP contribution in [0.4, 0.5) is 5.69 Å². The highest BCUT2D eigenvalue weighted by atomic mass is 35.5. The number of nitrogens with zero attached hydrogens (tertiary/aromatic N) is 1. The minimum Gasteiger partial charge on any atom is -0.383 e. The molecular weight excluding hydrogens is 220 g/mol. The molecule has 16 heavy (non-hydrogen) atoms. The molecule has 1 aromatic carbocycles. The van der Waals surface area contributed by atoms with Crippen LogP contribution in [0.1, 0.15) is 11.1 Å². The van der Waals surface area contributed by atoms with Crippen LogP contribution in [0.5, 0.6) is 0 Å². The van der Waals surface area contributed by atoms with Crippen LogP contribution in [0.3, 0.4) is 0 Å². The highest BCUT2D eigenvalue weighted by Gasteiger charge is 2.07. The fraction of sp³-hybridized carbons (Fsp3) is 0.154. The van der Waals surface area contributed by atoms with E-state index in [0.717, 1.165) is 11.4 Å².